The van der Waals surface area contributed by atoms with Gasteiger partial charge < -0.3 is 30.0 Å². The number of carbonyl (C=O) groups is 1. The number of nitrogens with one attached hydrogen (secondary N) is 2. The van der Waals surface area contributed by atoms with Crippen LogP contribution in [-0.2, 0) is 11.3 Å². The van der Waals surface area contributed by atoms with Crippen molar-refractivity contribution in [2.24, 2.45) is 0 Å². The van der Waals surface area contributed by atoms with Crippen LogP contribution in [0.3, 0.4) is 0 Å². The fourth-order valence-corrected chi connectivity index (χ4v) is 3.65. The lowest BCUT2D eigenvalue weighted by molar-refractivity contribution is -0.118. The molecule has 4 N–H and O–H groups in total. The van der Waals surface area contributed by atoms with Crippen LogP contribution in [0.5, 0.6) is 11.5 Å². The molecule has 2 heterocycles. The Labute approximate surface area is 178 Å². The number of β-amino-alcohol motifs (C(OH)–C–C–N with tert-alkyl or cyclic N) is 1. The van der Waals surface area contributed by atoms with Crippen molar-refractivity contribution in [1.29, 1.82) is 0 Å². The monoisotopic (exact) mass is 427 g/mol. The maximum absolute atomic E-state index is 12.2. The number of anilines is 1. The molecule has 0 radical (unpaired) electrons. The van der Waals surface area contributed by atoms with E-state index < -0.39 is 17.4 Å². The number of hydrogen-bond donors (Lipinski definition) is 4. The topological polar surface area (TPSA) is 126 Å². The lowest BCUT2D eigenvalue weighted by atomic mass is 9.99. The molecule has 1 unspecified atom stereocenters. The summed E-state index contributed by atoms with van der Waals surface area (Å²) >= 11 is 0. The summed E-state index contributed by atoms with van der Waals surface area (Å²) in [4.78, 5) is 23.7. The molecule has 1 aliphatic rings. The van der Waals surface area contributed by atoms with Gasteiger partial charge in [0.25, 0.3) is 5.91 Å². The minimum atomic E-state index is -0.979. The Bertz CT molecular complexity index is 1180. The van der Waals surface area contributed by atoms with Gasteiger partial charge in [0.1, 0.15) is 11.5 Å². The summed E-state index contributed by atoms with van der Waals surface area (Å²) in [6, 6.07) is 10.1. The van der Waals surface area contributed by atoms with Crippen LogP contribution in [0.15, 0.2) is 45.6 Å². The highest BCUT2D eigenvalue weighted by atomic mass is 16.5. The zero-order valence-electron chi connectivity index (χ0n) is 17.3. The highest BCUT2D eigenvalue weighted by Crippen LogP contribution is 2.38. The quantitative estimate of drug-likeness (QED) is 0.455. The number of rotatable bonds is 7. The van der Waals surface area contributed by atoms with Crippen LogP contribution in [0.1, 0.15) is 31.9 Å². The number of fused-ring (bicyclic) bond motifs is 2. The number of aliphatic hydroxyl groups excluding tert-OH is 1. The summed E-state index contributed by atoms with van der Waals surface area (Å²) in [6.45, 7) is 4.43. The molecule has 9 heteroatoms. The predicted octanol–water partition coefficient (Wildman–Crippen LogP) is 2.12. The minimum absolute atomic E-state index is 0.0796. The van der Waals surface area contributed by atoms with Crippen molar-refractivity contribution in [2.75, 3.05) is 18.5 Å². The molecule has 0 fully saturated rings. The molecule has 1 aliphatic heterocycles. The Balaban J connectivity index is 1.43. The number of carbonyl (C=O) groups excluding carboxylic acids is 1. The molecule has 0 saturated heterocycles. The number of phenolic OH excluding ortho intramolecular Hbond substituents is 1. The normalized spacial score (nSPS) is 14.7. The lowest BCUT2D eigenvalue weighted by Crippen LogP contribution is -2.42. The molecule has 31 heavy (non-hydrogen) atoms. The maximum atomic E-state index is 12.2. The number of oxazole rings is 1. The van der Waals surface area contributed by atoms with Crippen molar-refractivity contribution < 1.29 is 24.2 Å². The zero-order chi connectivity index (χ0) is 22.2. The molecule has 0 aliphatic carbocycles. The van der Waals surface area contributed by atoms with Crippen molar-refractivity contribution in [3.63, 3.8) is 0 Å². The highest BCUT2D eigenvalue weighted by Gasteiger charge is 2.26. The fraction of sp³-hybridized carbons (Fsp3) is 0.364. The summed E-state index contributed by atoms with van der Waals surface area (Å²) in [6.07, 6.45) is -0.374. The predicted molar refractivity (Wildman–Crippen MR) is 114 cm³/mol. The van der Waals surface area contributed by atoms with E-state index in [1.807, 2.05) is 32.0 Å². The van der Waals surface area contributed by atoms with Crippen LogP contribution in [0.4, 0.5) is 5.69 Å². The first-order chi connectivity index (χ1) is 14.7. The molecule has 3 aromatic rings. The van der Waals surface area contributed by atoms with Crippen LogP contribution in [0, 0.1) is 0 Å². The Kier molecular flexibility index (Phi) is 5.47. The van der Waals surface area contributed by atoms with Crippen LogP contribution in [0.2, 0.25) is 0 Å². The van der Waals surface area contributed by atoms with Gasteiger partial charge in [0.15, 0.2) is 12.2 Å². The highest BCUT2D eigenvalue weighted by molar-refractivity contribution is 5.96. The van der Waals surface area contributed by atoms with Gasteiger partial charge in [-0.05, 0) is 38.5 Å². The van der Waals surface area contributed by atoms with E-state index in [2.05, 4.69) is 10.6 Å². The second kappa shape index (κ2) is 8.09. The van der Waals surface area contributed by atoms with Gasteiger partial charge in [-0.15, -0.1) is 0 Å². The molecular formula is C22H25N3O6. The van der Waals surface area contributed by atoms with E-state index in [1.165, 1.54) is 12.1 Å². The van der Waals surface area contributed by atoms with E-state index in [0.29, 0.717) is 35.5 Å². The molecule has 164 valence electrons. The Morgan fingerprint density at radius 1 is 1.26 bits per heavy atom. The van der Waals surface area contributed by atoms with Crippen LogP contribution >= 0.6 is 0 Å². The number of phenols is 1. The van der Waals surface area contributed by atoms with Gasteiger partial charge in [-0.3, -0.25) is 9.36 Å². The number of para-hydroxylation sites is 2. The second-order valence-corrected chi connectivity index (χ2v) is 8.27. The number of aryl methyl sites for hydroxylation is 1. The standard InChI is InChI=1S/C22H25N3O6/c1-22(2,7-8-25-16-5-3-4-6-18(16)31-21(25)29)23-11-17(27)14-9-13(26)10-15-20(14)30-12-19(28)24-15/h3-6,9-10,17,23,26-27H,7-8,11-12H2,1-2H3,(H,24,28). The number of aliphatic hydroxyl groups is 1. The largest absolute Gasteiger partial charge is 0.508 e. The fourth-order valence-electron chi connectivity index (χ4n) is 3.65. The number of amides is 1. The number of aromatic nitrogens is 1. The van der Waals surface area contributed by atoms with Crippen molar-refractivity contribution >= 4 is 22.7 Å². The molecule has 0 saturated carbocycles. The molecule has 0 spiro atoms. The summed E-state index contributed by atoms with van der Waals surface area (Å²) < 4.78 is 12.3. The van der Waals surface area contributed by atoms with E-state index >= 15 is 0 Å². The van der Waals surface area contributed by atoms with Crippen LogP contribution in [-0.4, -0.2) is 39.4 Å². The van der Waals surface area contributed by atoms with E-state index in [1.54, 1.807) is 10.6 Å². The maximum Gasteiger partial charge on any atom is 0.419 e. The van der Waals surface area contributed by atoms with Crippen molar-refractivity contribution in [1.82, 2.24) is 9.88 Å². The van der Waals surface area contributed by atoms with E-state index in [9.17, 15) is 19.8 Å². The van der Waals surface area contributed by atoms with E-state index in [4.69, 9.17) is 9.15 Å². The van der Waals surface area contributed by atoms with E-state index in [-0.39, 0.29) is 24.8 Å². The molecule has 1 aromatic heterocycles. The lowest BCUT2D eigenvalue weighted by Gasteiger charge is -2.29. The summed E-state index contributed by atoms with van der Waals surface area (Å²) in [7, 11) is 0. The second-order valence-electron chi connectivity index (χ2n) is 8.27. The third kappa shape index (κ3) is 4.42. The third-order valence-corrected chi connectivity index (χ3v) is 5.39. The molecule has 1 amide bonds. The van der Waals surface area contributed by atoms with Crippen LogP contribution < -0.4 is 21.1 Å². The smallest absolute Gasteiger partial charge is 0.419 e. The first-order valence-electron chi connectivity index (χ1n) is 10.0. The molecule has 1 atom stereocenters. The van der Waals surface area contributed by atoms with Crippen LogP contribution in [0.25, 0.3) is 11.1 Å². The molecule has 4 rings (SSSR count). The van der Waals surface area contributed by atoms with Crippen molar-refractivity contribution in [3.8, 4) is 11.5 Å². The zero-order valence-corrected chi connectivity index (χ0v) is 17.3. The average Bonchev–Trinajstić information content (AvgIpc) is 3.04. The number of nitrogens with zero attached hydrogens (tertiary/aromatic N) is 1. The Hall–Kier alpha value is -3.30. The molecule has 9 nitrogen and oxygen atoms in total. The first kappa shape index (κ1) is 21.0. The number of aromatic hydroxyl groups is 1. The Morgan fingerprint density at radius 3 is 2.84 bits per heavy atom. The van der Waals surface area contributed by atoms with Gasteiger partial charge in [0.2, 0.25) is 0 Å². The van der Waals surface area contributed by atoms with Gasteiger partial charge >= 0.3 is 5.76 Å². The van der Waals surface area contributed by atoms with E-state index in [0.717, 1.165) is 5.52 Å². The van der Waals surface area contributed by atoms with Gasteiger partial charge in [0.05, 0.1) is 17.3 Å². The summed E-state index contributed by atoms with van der Waals surface area (Å²) in [5.41, 5.74) is 1.60. The van der Waals surface area contributed by atoms with Gasteiger partial charge in [-0.1, -0.05) is 12.1 Å². The summed E-state index contributed by atoms with van der Waals surface area (Å²) in [5.74, 6) is -0.451. The average molecular weight is 427 g/mol. The van der Waals surface area contributed by atoms with Crippen molar-refractivity contribution in [2.45, 2.75) is 38.5 Å². The molecule has 2 aromatic carbocycles. The first-order valence-corrected chi connectivity index (χ1v) is 10.0. The number of ether oxygens (including phenoxy) is 1. The van der Waals surface area contributed by atoms with Gasteiger partial charge in [-0.25, -0.2) is 4.79 Å². The van der Waals surface area contributed by atoms with Gasteiger partial charge in [0, 0.05) is 30.3 Å². The molecule has 0 bridgehead atoms. The van der Waals surface area contributed by atoms with Gasteiger partial charge in [-0.2, -0.15) is 0 Å². The minimum Gasteiger partial charge on any atom is -0.508 e. The summed E-state index contributed by atoms with van der Waals surface area (Å²) in [5, 5.41) is 26.6. The number of hydrogen-bond acceptors (Lipinski definition) is 7. The number of benzene rings is 2. The van der Waals surface area contributed by atoms with Crippen molar-refractivity contribution in [3.05, 3.63) is 52.5 Å². The SMILES string of the molecule is CC(C)(CCn1c(=O)oc2ccccc21)NCC(O)c1cc(O)cc2c1OCC(=O)N2. The third-order valence-electron chi connectivity index (χ3n) is 5.39. The molecular weight excluding hydrogens is 402 g/mol. The Morgan fingerprint density at radius 2 is 2.03 bits per heavy atom.